The molecule has 0 aliphatic carbocycles. The third-order valence-corrected chi connectivity index (χ3v) is 2.62. The molecule has 3 nitrogen and oxygen atoms in total. The fourth-order valence-electron chi connectivity index (χ4n) is 1.03. The van der Waals surface area contributed by atoms with Crippen molar-refractivity contribution in [3.05, 3.63) is 17.5 Å². The Hall–Kier alpha value is -1.16. The molecule has 0 spiro atoms. The van der Waals surface area contributed by atoms with Gasteiger partial charge in [-0.2, -0.15) is 0 Å². The van der Waals surface area contributed by atoms with Crippen LogP contribution in [-0.4, -0.2) is 19.2 Å². The molecule has 0 aromatic carbocycles. The van der Waals surface area contributed by atoms with Crippen LogP contribution in [0.1, 0.15) is 13.3 Å². The first-order valence-corrected chi connectivity index (χ1v) is 5.33. The highest BCUT2D eigenvalue weighted by atomic mass is 32.1. The fourth-order valence-corrected chi connectivity index (χ4v) is 1.61. The predicted octanol–water partition coefficient (Wildman–Crippen LogP) is 2.38. The highest BCUT2D eigenvalue weighted by Gasteiger charge is 2.18. The Morgan fingerprint density at radius 2 is 2.57 bits per heavy atom. The Kier molecular flexibility index (Phi) is 4.32. The number of esters is 1. The lowest BCUT2D eigenvalue weighted by Gasteiger charge is -2.09. The molecule has 76 valence electrons. The summed E-state index contributed by atoms with van der Waals surface area (Å²) in [4.78, 5) is 15.2. The zero-order valence-electron chi connectivity index (χ0n) is 8.10. The van der Waals surface area contributed by atoms with E-state index in [0.29, 0.717) is 11.6 Å². The van der Waals surface area contributed by atoms with Gasteiger partial charge in [0.25, 0.3) is 0 Å². The molecule has 1 heterocycles. The summed E-state index contributed by atoms with van der Waals surface area (Å²) in [5, 5.41) is 2.51. The minimum Gasteiger partial charge on any atom is -0.415 e. The minimum absolute atomic E-state index is 0.172. The minimum atomic E-state index is -0.220. The monoisotopic (exact) mass is 211 g/mol. The van der Waals surface area contributed by atoms with Crippen molar-refractivity contribution in [2.75, 3.05) is 6.54 Å². The summed E-state index contributed by atoms with van der Waals surface area (Å²) < 4.78 is 5.15. The third-order valence-electron chi connectivity index (χ3n) is 1.87. The molecule has 0 radical (unpaired) electrons. The number of thiophene rings is 1. The predicted molar refractivity (Wildman–Crippen MR) is 58.2 cm³/mol. The van der Waals surface area contributed by atoms with E-state index in [1.165, 1.54) is 11.3 Å². The van der Waals surface area contributed by atoms with E-state index in [1.54, 1.807) is 6.07 Å². The van der Waals surface area contributed by atoms with Gasteiger partial charge in [-0.05, 0) is 30.7 Å². The molecule has 4 heteroatoms. The molecular weight excluding hydrogens is 198 g/mol. The first-order valence-electron chi connectivity index (χ1n) is 4.45. The fraction of sp³-hybridized carbons (Fsp3) is 0.400. The summed E-state index contributed by atoms with van der Waals surface area (Å²) in [5.74, 6) is -0.392. The van der Waals surface area contributed by atoms with E-state index in [0.717, 1.165) is 6.42 Å². The molecule has 1 atom stereocenters. The van der Waals surface area contributed by atoms with Gasteiger partial charge in [-0.3, -0.25) is 4.79 Å². The van der Waals surface area contributed by atoms with E-state index in [9.17, 15) is 4.79 Å². The number of nitrogens with zero attached hydrogens (tertiary/aromatic N) is 1. The number of carbonyl (C=O) groups excluding carboxylic acids is 1. The van der Waals surface area contributed by atoms with Gasteiger partial charge in [-0.1, -0.05) is 6.92 Å². The van der Waals surface area contributed by atoms with Crippen LogP contribution in [0.2, 0.25) is 0 Å². The third kappa shape index (κ3) is 2.96. The van der Waals surface area contributed by atoms with Crippen molar-refractivity contribution in [1.82, 2.24) is 0 Å². The Morgan fingerprint density at radius 1 is 1.79 bits per heavy atom. The van der Waals surface area contributed by atoms with E-state index < -0.39 is 0 Å². The van der Waals surface area contributed by atoms with Crippen LogP contribution >= 0.6 is 11.3 Å². The lowest BCUT2D eigenvalue weighted by molar-refractivity contribution is -0.138. The second-order valence-electron chi connectivity index (χ2n) is 2.86. The molecule has 1 aromatic rings. The number of rotatable bonds is 5. The lowest BCUT2D eigenvalue weighted by atomic mass is 10.1. The Morgan fingerprint density at radius 3 is 3.07 bits per heavy atom. The van der Waals surface area contributed by atoms with Gasteiger partial charge in [0.15, 0.2) is 5.06 Å². The van der Waals surface area contributed by atoms with Crippen LogP contribution in [0.5, 0.6) is 5.06 Å². The Bertz CT molecular complexity index is 295. The van der Waals surface area contributed by atoms with Crippen LogP contribution < -0.4 is 4.74 Å². The van der Waals surface area contributed by atoms with E-state index in [4.69, 9.17) is 4.74 Å². The second kappa shape index (κ2) is 5.54. The van der Waals surface area contributed by atoms with Crippen molar-refractivity contribution in [1.29, 1.82) is 0 Å². The smallest absolute Gasteiger partial charge is 0.316 e. The summed E-state index contributed by atoms with van der Waals surface area (Å²) in [6, 6.07) is 3.62. The number of hydrogen-bond donors (Lipinski definition) is 0. The van der Waals surface area contributed by atoms with Gasteiger partial charge in [-0.25, -0.2) is 0 Å². The SMILES string of the molecule is C=NCC(CC)C(=O)Oc1cccs1. The molecule has 1 unspecified atom stereocenters. The van der Waals surface area contributed by atoms with Gasteiger partial charge in [0.1, 0.15) is 0 Å². The van der Waals surface area contributed by atoms with Crippen molar-refractivity contribution in [3.8, 4) is 5.06 Å². The van der Waals surface area contributed by atoms with Crippen molar-refractivity contribution in [3.63, 3.8) is 0 Å². The molecule has 0 saturated carbocycles. The van der Waals surface area contributed by atoms with Crippen LogP contribution in [0.3, 0.4) is 0 Å². The van der Waals surface area contributed by atoms with E-state index in [1.807, 2.05) is 18.4 Å². The number of ether oxygens (including phenoxy) is 1. The van der Waals surface area contributed by atoms with E-state index >= 15 is 0 Å². The number of carbonyl (C=O) groups is 1. The maximum Gasteiger partial charge on any atom is 0.316 e. The molecule has 0 fully saturated rings. The van der Waals surface area contributed by atoms with Crippen LogP contribution in [0.25, 0.3) is 0 Å². The van der Waals surface area contributed by atoms with Crippen molar-refractivity contribution in [2.45, 2.75) is 13.3 Å². The number of aliphatic imine (C=N–C) groups is 1. The molecule has 0 N–H and O–H groups in total. The van der Waals surface area contributed by atoms with E-state index in [-0.39, 0.29) is 11.9 Å². The summed E-state index contributed by atoms with van der Waals surface area (Å²) in [5.41, 5.74) is 0. The molecular formula is C10H13NO2S. The molecule has 0 amide bonds. The average Bonchev–Trinajstić information content (AvgIpc) is 2.66. The van der Waals surface area contributed by atoms with Crippen molar-refractivity contribution < 1.29 is 9.53 Å². The topological polar surface area (TPSA) is 38.7 Å². The number of hydrogen-bond acceptors (Lipinski definition) is 4. The zero-order chi connectivity index (χ0) is 10.4. The van der Waals surface area contributed by atoms with Crippen LogP contribution in [0.15, 0.2) is 22.5 Å². The van der Waals surface area contributed by atoms with Crippen LogP contribution in [0.4, 0.5) is 0 Å². The highest BCUT2D eigenvalue weighted by molar-refractivity contribution is 7.11. The van der Waals surface area contributed by atoms with Gasteiger partial charge in [-0.15, -0.1) is 11.3 Å². The van der Waals surface area contributed by atoms with Gasteiger partial charge >= 0.3 is 5.97 Å². The van der Waals surface area contributed by atoms with Gasteiger partial charge in [0, 0.05) is 0 Å². The molecule has 0 aliphatic heterocycles. The molecule has 14 heavy (non-hydrogen) atoms. The summed E-state index contributed by atoms with van der Waals surface area (Å²) in [7, 11) is 0. The van der Waals surface area contributed by atoms with Crippen molar-refractivity contribution >= 4 is 24.0 Å². The largest absolute Gasteiger partial charge is 0.415 e. The Labute approximate surface area is 87.4 Å². The zero-order valence-corrected chi connectivity index (χ0v) is 8.92. The molecule has 0 bridgehead atoms. The molecule has 1 rings (SSSR count). The summed E-state index contributed by atoms with van der Waals surface area (Å²) in [6.07, 6.45) is 0.725. The second-order valence-corrected chi connectivity index (χ2v) is 3.77. The van der Waals surface area contributed by atoms with Gasteiger partial charge in [0.2, 0.25) is 0 Å². The first kappa shape index (κ1) is 10.9. The van der Waals surface area contributed by atoms with Crippen LogP contribution in [0, 0.1) is 5.92 Å². The molecule has 0 saturated heterocycles. The maximum absolute atomic E-state index is 11.5. The average molecular weight is 211 g/mol. The highest BCUT2D eigenvalue weighted by Crippen LogP contribution is 2.20. The lowest BCUT2D eigenvalue weighted by Crippen LogP contribution is -2.21. The van der Waals surface area contributed by atoms with Crippen LogP contribution in [-0.2, 0) is 4.79 Å². The van der Waals surface area contributed by atoms with E-state index in [2.05, 4.69) is 11.7 Å². The molecule has 1 aromatic heterocycles. The standard InChI is InChI=1S/C10H13NO2S/c1-3-8(7-11-2)10(12)13-9-5-4-6-14-9/h4-6,8H,2-3,7H2,1H3. The normalized spacial score (nSPS) is 12.1. The van der Waals surface area contributed by atoms with Crippen molar-refractivity contribution in [2.24, 2.45) is 10.9 Å². The maximum atomic E-state index is 11.5. The summed E-state index contributed by atoms with van der Waals surface area (Å²) >= 11 is 1.41. The Balaban J connectivity index is 2.51. The first-order chi connectivity index (χ1) is 6.77. The summed E-state index contributed by atoms with van der Waals surface area (Å²) in [6.45, 7) is 5.74. The van der Waals surface area contributed by atoms with Gasteiger partial charge in [0.05, 0.1) is 12.5 Å². The quantitative estimate of drug-likeness (QED) is 0.554. The molecule has 0 aliphatic rings. The van der Waals surface area contributed by atoms with Gasteiger partial charge < -0.3 is 9.73 Å².